The van der Waals surface area contributed by atoms with E-state index in [0.717, 1.165) is 25.0 Å². The lowest BCUT2D eigenvalue weighted by atomic mass is 9.98. The number of carboxylic acids is 1. The molecule has 1 aromatic rings. The third kappa shape index (κ3) is 3.40. The molecule has 2 nitrogen and oxygen atoms in total. The van der Waals surface area contributed by atoms with Gasteiger partial charge in [0.1, 0.15) is 0 Å². The molecular formula is C15H16F2O2. The Labute approximate surface area is 110 Å². The minimum atomic E-state index is -1.11. The monoisotopic (exact) mass is 266 g/mol. The van der Waals surface area contributed by atoms with Gasteiger partial charge in [0.25, 0.3) is 0 Å². The number of allylic oxidation sites excluding steroid dienone is 1. The van der Waals surface area contributed by atoms with E-state index in [1.807, 2.05) is 0 Å². The first kappa shape index (κ1) is 13.7. The second kappa shape index (κ2) is 5.95. The molecule has 1 aliphatic carbocycles. The predicted molar refractivity (Wildman–Crippen MR) is 68.5 cm³/mol. The zero-order valence-electron chi connectivity index (χ0n) is 10.5. The fraction of sp³-hybridized carbons (Fsp3) is 0.400. The molecule has 0 unspecified atom stereocenters. The van der Waals surface area contributed by atoms with Gasteiger partial charge in [-0.15, -0.1) is 0 Å². The van der Waals surface area contributed by atoms with Crippen LogP contribution in [0.4, 0.5) is 8.78 Å². The molecule has 0 aliphatic heterocycles. The van der Waals surface area contributed by atoms with Gasteiger partial charge in [0, 0.05) is 0 Å². The van der Waals surface area contributed by atoms with Gasteiger partial charge in [-0.05, 0) is 30.0 Å². The summed E-state index contributed by atoms with van der Waals surface area (Å²) in [6.07, 6.45) is 6.91. The highest BCUT2D eigenvalue weighted by atomic mass is 19.2. The van der Waals surface area contributed by atoms with E-state index in [9.17, 15) is 18.7 Å². The van der Waals surface area contributed by atoms with E-state index < -0.39 is 17.6 Å². The Morgan fingerprint density at radius 2 is 1.95 bits per heavy atom. The molecule has 1 N–H and O–H groups in total. The standard InChI is InChI=1S/C15H16F2O2/c16-13-8-6-11(9-14(13)17)12(15(18)19)7-5-10-3-1-2-4-10/h6-10H,1-5H2,(H,18,19). The summed E-state index contributed by atoms with van der Waals surface area (Å²) in [6, 6.07) is 3.19. The van der Waals surface area contributed by atoms with Crippen molar-refractivity contribution in [2.75, 3.05) is 0 Å². The SMILES string of the molecule is O=C(O)C(=CCC1CCCC1)c1ccc(F)c(F)c1. The molecule has 0 spiro atoms. The van der Waals surface area contributed by atoms with Gasteiger partial charge in [-0.1, -0.05) is 37.8 Å². The summed E-state index contributed by atoms with van der Waals surface area (Å²) < 4.78 is 26.0. The number of aliphatic carboxylic acids is 1. The summed E-state index contributed by atoms with van der Waals surface area (Å²) in [6.45, 7) is 0. The van der Waals surface area contributed by atoms with Crippen molar-refractivity contribution in [3.8, 4) is 0 Å². The first-order chi connectivity index (χ1) is 9.08. The highest BCUT2D eigenvalue weighted by Crippen LogP contribution is 2.29. The van der Waals surface area contributed by atoms with E-state index >= 15 is 0 Å². The van der Waals surface area contributed by atoms with Crippen molar-refractivity contribution < 1.29 is 18.7 Å². The minimum Gasteiger partial charge on any atom is -0.478 e. The number of carbonyl (C=O) groups is 1. The van der Waals surface area contributed by atoms with Crippen LogP contribution in [0.2, 0.25) is 0 Å². The van der Waals surface area contributed by atoms with Crippen molar-refractivity contribution in [1.82, 2.24) is 0 Å². The first-order valence-corrected chi connectivity index (χ1v) is 6.47. The van der Waals surface area contributed by atoms with Crippen LogP contribution in [-0.4, -0.2) is 11.1 Å². The molecule has 1 fully saturated rings. The van der Waals surface area contributed by atoms with Crippen LogP contribution >= 0.6 is 0 Å². The van der Waals surface area contributed by atoms with Crippen molar-refractivity contribution >= 4 is 11.5 Å². The molecular weight excluding hydrogens is 250 g/mol. The van der Waals surface area contributed by atoms with Crippen LogP contribution in [0.3, 0.4) is 0 Å². The zero-order valence-corrected chi connectivity index (χ0v) is 10.5. The number of hydrogen-bond donors (Lipinski definition) is 1. The van der Waals surface area contributed by atoms with Gasteiger partial charge in [-0.3, -0.25) is 0 Å². The van der Waals surface area contributed by atoms with Crippen LogP contribution in [0.1, 0.15) is 37.7 Å². The minimum absolute atomic E-state index is 0.0470. The van der Waals surface area contributed by atoms with E-state index in [2.05, 4.69) is 0 Å². The summed E-state index contributed by atoms with van der Waals surface area (Å²) in [5.74, 6) is -2.58. The molecule has 0 atom stereocenters. The second-order valence-electron chi connectivity index (χ2n) is 4.94. The average molecular weight is 266 g/mol. The Kier molecular flexibility index (Phi) is 4.30. The molecule has 0 radical (unpaired) electrons. The maximum absolute atomic E-state index is 13.1. The predicted octanol–water partition coefficient (Wildman–Crippen LogP) is 4.01. The van der Waals surface area contributed by atoms with Crippen molar-refractivity contribution in [3.63, 3.8) is 0 Å². The highest BCUT2D eigenvalue weighted by molar-refractivity contribution is 6.15. The summed E-state index contributed by atoms with van der Waals surface area (Å²) in [4.78, 5) is 11.2. The summed E-state index contributed by atoms with van der Waals surface area (Å²) in [7, 11) is 0. The molecule has 102 valence electrons. The Morgan fingerprint density at radius 3 is 2.53 bits per heavy atom. The third-order valence-corrected chi connectivity index (χ3v) is 3.59. The van der Waals surface area contributed by atoms with Crippen LogP contribution < -0.4 is 0 Å². The number of hydrogen-bond acceptors (Lipinski definition) is 1. The van der Waals surface area contributed by atoms with Gasteiger partial charge in [0.05, 0.1) is 5.57 Å². The number of benzene rings is 1. The molecule has 0 heterocycles. The van der Waals surface area contributed by atoms with Gasteiger partial charge in [-0.25, -0.2) is 13.6 Å². The second-order valence-corrected chi connectivity index (χ2v) is 4.94. The largest absolute Gasteiger partial charge is 0.478 e. The van der Waals surface area contributed by atoms with Gasteiger partial charge in [-0.2, -0.15) is 0 Å². The number of rotatable bonds is 4. The maximum Gasteiger partial charge on any atom is 0.335 e. The molecule has 1 saturated carbocycles. The molecule has 0 saturated heterocycles. The van der Waals surface area contributed by atoms with E-state index in [-0.39, 0.29) is 11.1 Å². The van der Waals surface area contributed by atoms with Crippen molar-refractivity contribution in [2.24, 2.45) is 5.92 Å². The average Bonchev–Trinajstić information content (AvgIpc) is 2.86. The van der Waals surface area contributed by atoms with Crippen molar-refractivity contribution in [1.29, 1.82) is 0 Å². The maximum atomic E-state index is 13.1. The van der Waals surface area contributed by atoms with Crippen LogP contribution in [0.5, 0.6) is 0 Å². The molecule has 0 bridgehead atoms. The molecule has 1 aromatic carbocycles. The van der Waals surface area contributed by atoms with Crippen molar-refractivity contribution in [3.05, 3.63) is 41.5 Å². The van der Waals surface area contributed by atoms with Crippen LogP contribution in [0, 0.1) is 17.6 Å². The quantitative estimate of drug-likeness (QED) is 0.836. The molecule has 0 aromatic heterocycles. The first-order valence-electron chi connectivity index (χ1n) is 6.47. The van der Waals surface area contributed by atoms with Crippen LogP contribution in [0.15, 0.2) is 24.3 Å². The van der Waals surface area contributed by atoms with E-state index in [1.54, 1.807) is 6.08 Å². The summed E-state index contributed by atoms with van der Waals surface area (Å²) in [5, 5.41) is 9.18. The lowest BCUT2D eigenvalue weighted by molar-refractivity contribution is -0.130. The van der Waals surface area contributed by atoms with E-state index in [1.165, 1.54) is 18.9 Å². The van der Waals surface area contributed by atoms with Crippen LogP contribution in [0.25, 0.3) is 5.57 Å². The molecule has 19 heavy (non-hydrogen) atoms. The topological polar surface area (TPSA) is 37.3 Å². The fourth-order valence-electron chi connectivity index (χ4n) is 2.52. The molecule has 1 aliphatic rings. The lowest BCUT2D eigenvalue weighted by Gasteiger charge is -2.07. The van der Waals surface area contributed by atoms with Gasteiger partial charge < -0.3 is 5.11 Å². The Hall–Kier alpha value is -1.71. The normalized spacial score (nSPS) is 16.8. The van der Waals surface area contributed by atoms with E-state index in [4.69, 9.17) is 0 Å². The zero-order chi connectivity index (χ0) is 13.8. The Balaban J connectivity index is 2.20. The Bertz CT molecular complexity index is 503. The lowest BCUT2D eigenvalue weighted by Crippen LogP contribution is -2.02. The molecule has 4 heteroatoms. The number of halogens is 2. The Morgan fingerprint density at radius 1 is 1.26 bits per heavy atom. The van der Waals surface area contributed by atoms with E-state index in [0.29, 0.717) is 12.3 Å². The number of carboxylic acid groups (broad SMARTS) is 1. The third-order valence-electron chi connectivity index (χ3n) is 3.59. The molecule has 2 rings (SSSR count). The van der Waals surface area contributed by atoms with Crippen LogP contribution in [-0.2, 0) is 4.79 Å². The fourth-order valence-corrected chi connectivity index (χ4v) is 2.52. The molecule has 0 amide bonds. The summed E-state index contributed by atoms with van der Waals surface area (Å²) >= 11 is 0. The van der Waals surface area contributed by atoms with Crippen molar-refractivity contribution in [2.45, 2.75) is 32.1 Å². The van der Waals surface area contributed by atoms with Gasteiger partial charge in [0.2, 0.25) is 0 Å². The highest BCUT2D eigenvalue weighted by Gasteiger charge is 2.17. The van der Waals surface area contributed by atoms with Gasteiger partial charge in [0.15, 0.2) is 11.6 Å². The summed E-state index contributed by atoms with van der Waals surface area (Å²) in [5.41, 5.74) is 0.259. The van der Waals surface area contributed by atoms with Gasteiger partial charge >= 0.3 is 5.97 Å². The smallest absolute Gasteiger partial charge is 0.335 e.